The van der Waals surface area contributed by atoms with Gasteiger partial charge < -0.3 is 5.11 Å². The van der Waals surface area contributed by atoms with Gasteiger partial charge in [-0.2, -0.15) is 5.10 Å². The number of rotatable bonds is 3. The highest BCUT2D eigenvalue weighted by Crippen LogP contribution is 2.22. The fourth-order valence-electron chi connectivity index (χ4n) is 1.61. The summed E-state index contributed by atoms with van der Waals surface area (Å²) >= 11 is 6.16. The van der Waals surface area contributed by atoms with Gasteiger partial charge in [0.05, 0.1) is 23.0 Å². The second-order valence-corrected chi connectivity index (χ2v) is 4.69. The Labute approximate surface area is 106 Å². The summed E-state index contributed by atoms with van der Waals surface area (Å²) in [7, 11) is 0. The molecule has 0 saturated carbocycles. The Morgan fingerprint density at radius 2 is 2.12 bits per heavy atom. The average Bonchev–Trinajstić information content (AvgIpc) is 2.78. The van der Waals surface area contributed by atoms with E-state index >= 15 is 0 Å². The lowest BCUT2D eigenvalue weighted by atomic mass is 10.1. The van der Waals surface area contributed by atoms with Crippen molar-refractivity contribution in [3.63, 3.8) is 0 Å². The summed E-state index contributed by atoms with van der Waals surface area (Å²) in [5.74, 6) is 0.395. The highest BCUT2D eigenvalue weighted by atomic mass is 35.5. The molecule has 0 aliphatic heterocycles. The van der Waals surface area contributed by atoms with Gasteiger partial charge >= 0.3 is 0 Å². The number of aromatic nitrogens is 2. The van der Waals surface area contributed by atoms with Crippen molar-refractivity contribution in [3.05, 3.63) is 46.7 Å². The lowest BCUT2D eigenvalue weighted by molar-refractivity contribution is 0.282. The van der Waals surface area contributed by atoms with Gasteiger partial charge in [-0.1, -0.05) is 31.5 Å². The van der Waals surface area contributed by atoms with E-state index in [0.717, 1.165) is 16.9 Å². The fraction of sp³-hybridized carbons (Fsp3) is 0.308. The average molecular weight is 251 g/mol. The molecule has 1 N–H and O–H groups in total. The predicted molar refractivity (Wildman–Crippen MR) is 68.6 cm³/mol. The summed E-state index contributed by atoms with van der Waals surface area (Å²) in [6, 6.07) is 7.46. The highest BCUT2D eigenvalue weighted by Gasteiger charge is 2.08. The molecule has 0 bridgehead atoms. The van der Waals surface area contributed by atoms with Gasteiger partial charge in [-0.15, -0.1) is 0 Å². The van der Waals surface area contributed by atoms with Gasteiger partial charge in [-0.05, 0) is 29.7 Å². The molecule has 1 aromatic heterocycles. The van der Waals surface area contributed by atoms with E-state index in [2.05, 4.69) is 18.9 Å². The van der Waals surface area contributed by atoms with Gasteiger partial charge in [0.1, 0.15) is 0 Å². The van der Waals surface area contributed by atoms with Crippen molar-refractivity contribution in [2.24, 2.45) is 0 Å². The lowest BCUT2D eigenvalue weighted by Gasteiger charge is -2.06. The van der Waals surface area contributed by atoms with Crippen molar-refractivity contribution in [2.75, 3.05) is 0 Å². The molecule has 0 amide bonds. The van der Waals surface area contributed by atoms with E-state index < -0.39 is 0 Å². The maximum Gasteiger partial charge on any atom is 0.0832 e. The second kappa shape index (κ2) is 4.90. The van der Waals surface area contributed by atoms with E-state index in [-0.39, 0.29) is 6.61 Å². The Morgan fingerprint density at radius 1 is 1.35 bits per heavy atom. The molecule has 3 nitrogen and oxygen atoms in total. The molecule has 0 aliphatic carbocycles. The topological polar surface area (TPSA) is 38.0 Å². The lowest BCUT2D eigenvalue weighted by Crippen LogP contribution is -1.98. The predicted octanol–water partition coefficient (Wildman–Crippen LogP) is 3.14. The first-order valence-corrected chi connectivity index (χ1v) is 5.95. The molecule has 0 spiro atoms. The highest BCUT2D eigenvalue weighted by molar-refractivity contribution is 6.32. The van der Waals surface area contributed by atoms with Gasteiger partial charge in [-0.3, -0.25) is 0 Å². The van der Waals surface area contributed by atoms with Crippen LogP contribution in [0.3, 0.4) is 0 Å². The van der Waals surface area contributed by atoms with Crippen LogP contribution in [0.5, 0.6) is 0 Å². The first-order valence-electron chi connectivity index (χ1n) is 5.57. The van der Waals surface area contributed by atoms with Crippen LogP contribution in [0.15, 0.2) is 30.5 Å². The third-order valence-corrected chi connectivity index (χ3v) is 2.95. The molecule has 0 atom stereocenters. The molecule has 0 fully saturated rings. The van der Waals surface area contributed by atoms with Gasteiger partial charge in [0.2, 0.25) is 0 Å². The number of aliphatic hydroxyl groups is 1. The Hall–Kier alpha value is -1.32. The van der Waals surface area contributed by atoms with E-state index in [9.17, 15) is 0 Å². The molecule has 2 rings (SSSR count). The maximum atomic E-state index is 9.02. The Bertz CT molecular complexity index is 520. The standard InChI is InChI=1S/C13H15ClN2O/c1-9(2)12-5-6-16(15-12)13-4-3-10(8-17)7-11(13)14/h3-7,9,17H,8H2,1-2H3. The molecule has 1 aromatic carbocycles. The monoisotopic (exact) mass is 250 g/mol. The molecular formula is C13H15ClN2O. The van der Waals surface area contributed by atoms with E-state index in [1.165, 1.54) is 0 Å². The van der Waals surface area contributed by atoms with Crippen molar-refractivity contribution in [3.8, 4) is 5.69 Å². The second-order valence-electron chi connectivity index (χ2n) is 4.28. The van der Waals surface area contributed by atoms with E-state index in [1.54, 1.807) is 10.7 Å². The molecule has 17 heavy (non-hydrogen) atoms. The van der Waals surface area contributed by atoms with Crippen molar-refractivity contribution >= 4 is 11.6 Å². The number of hydrogen-bond acceptors (Lipinski definition) is 2. The first kappa shape index (κ1) is 12.1. The minimum Gasteiger partial charge on any atom is -0.392 e. The van der Waals surface area contributed by atoms with Crippen LogP contribution >= 0.6 is 11.6 Å². The molecule has 0 aliphatic rings. The smallest absolute Gasteiger partial charge is 0.0832 e. The summed E-state index contributed by atoms with van der Waals surface area (Å²) in [4.78, 5) is 0. The zero-order valence-electron chi connectivity index (χ0n) is 9.89. The van der Waals surface area contributed by atoms with Crippen LogP contribution in [-0.2, 0) is 6.61 Å². The summed E-state index contributed by atoms with van der Waals surface area (Å²) in [6.45, 7) is 4.20. The van der Waals surface area contributed by atoms with Gasteiger partial charge in [0.25, 0.3) is 0 Å². The zero-order valence-corrected chi connectivity index (χ0v) is 10.6. The molecule has 90 valence electrons. The quantitative estimate of drug-likeness (QED) is 0.909. The molecule has 1 heterocycles. The molecule has 0 saturated heterocycles. The zero-order chi connectivity index (χ0) is 12.4. The largest absolute Gasteiger partial charge is 0.392 e. The minimum atomic E-state index is -0.00362. The fourth-order valence-corrected chi connectivity index (χ4v) is 1.90. The molecule has 2 aromatic rings. The van der Waals surface area contributed by atoms with E-state index in [0.29, 0.717) is 10.9 Å². The van der Waals surface area contributed by atoms with E-state index in [4.69, 9.17) is 16.7 Å². The van der Waals surface area contributed by atoms with Crippen LogP contribution in [0.4, 0.5) is 0 Å². The number of halogens is 1. The molecule has 0 unspecified atom stereocenters. The van der Waals surface area contributed by atoms with E-state index in [1.807, 2.05) is 24.4 Å². The summed E-state index contributed by atoms with van der Waals surface area (Å²) in [6.07, 6.45) is 1.90. The van der Waals surface area contributed by atoms with Crippen LogP contribution < -0.4 is 0 Å². The number of benzene rings is 1. The third-order valence-electron chi connectivity index (χ3n) is 2.64. The number of aliphatic hydroxyl groups excluding tert-OH is 1. The first-order chi connectivity index (χ1) is 8.11. The van der Waals surface area contributed by atoms with Gasteiger partial charge in [0, 0.05) is 6.20 Å². The van der Waals surface area contributed by atoms with Crippen LogP contribution in [0.25, 0.3) is 5.69 Å². The van der Waals surface area contributed by atoms with Crippen molar-refractivity contribution in [2.45, 2.75) is 26.4 Å². The Kier molecular flexibility index (Phi) is 3.50. The van der Waals surface area contributed by atoms with Crippen LogP contribution in [0.2, 0.25) is 5.02 Å². The Balaban J connectivity index is 2.38. The van der Waals surface area contributed by atoms with Gasteiger partial charge in [-0.25, -0.2) is 4.68 Å². The van der Waals surface area contributed by atoms with Crippen molar-refractivity contribution in [1.82, 2.24) is 9.78 Å². The minimum absolute atomic E-state index is 0.00362. The van der Waals surface area contributed by atoms with Crippen LogP contribution in [0.1, 0.15) is 31.0 Å². The summed E-state index contributed by atoms with van der Waals surface area (Å²) in [5.41, 5.74) is 2.66. The SMILES string of the molecule is CC(C)c1ccn(-c2ccc(CO)cc2Cl)n1. The molecule has 0 radical (unpaired) electrons. The normalized spacial score (nSPS) is 11.1. The van der Waals surface area contributed by atoms with Crippen molar-refractivity contribution in [1.29, 1.82) is 0 Å². The third kappa shape index (κ3) is 2.51. The maximum absolute atomic E-state index is 9.02. The van der Waals surface area contributed by atoms with Gasteiger partial charge in [0.15, 0.2) is 0 Å². The van der Waals surface area contributed by atoms with Crippen LogP contribution in [-0.4, -0.2) is 14.9 Å². The molecular weight excluding hydrogens is 236 g/mol. The summed E-state index contributed by atoms with van der Waals surface area (Å²) in [5, 5.41) is 14.1. The summed E-state index contributed by atoms with van der Waals surface area (Å²) < 4.78 is 1.76. The van der Waals surface area contributed by atoms with Crippen molar-refractivity contribution < 1.29 is 5.11 Å². The number of nitrogens with zero attached hydrogens (tertiary/aromatic N) is 2. The molecule has 4 heteroatoms. The number of hydrogen-bond donors (Lipinski definition) is 1. The Morgan fingerprint density at radius 3 is 2.65 bits per heavy atom. The van der Waals surface area contributed by atoms with Crippen LogP contribution in [0, 0.1) is 0 Å².